The largest absolute Gasteiger partial charge is 0.487 e. The lowest BCUT2D eigenvalue weighted by Crippen LogP contribution is -2.49. The van der Waals surface area contributed by atoms with Gasteiger partial charge < -0.3 is 19.7 Å². The van der Waals surface area contributed by atoms with Crippen molar-refractivity contribution in [3.8, 4) is 16.9 Å². The number of aryl methyl sites for hydroxylation is 1. The van der Waals surface area contributed by atoms with E-state index in [1.54, 1.807) is 0 Å². The molecule has 0 radical (unpaired) electrons. The van der Waals surface area contributed by atoms with Crippen molar-refractivity contribution in [1.82, 2.24) is 10.2 Å². The summed E-state index contributed by atoms with van der Waals surface area (Å²) >= 11 is 6.35. The van der Waals surface area contributed by atoms with Crippen LogP contribution in [0.4, 0.5) is 0 Å². The fraction of sp³-hybridized carbons (Fsp3) is 0.458. The zero-order chi connectivity index (χ0) is 21.3. The molecule has 0 bridgehead atoms. The molecule has 0 saturated carbocycles. The first-order valence-electron chi connectivity index (χ1n) is 10.5. The molecule has 30 heavy (non-hydrogen) atoms. The molecule has 1 N–H and O–H groups in total. The average Bonchev–Trinajstić information content (AvgIpc) is 2.70. The standard InChI is InChI=1S/C24H29ClN2O3/c1-16-4-5-18(13-20(16)25)17-6-7-22-19(12-17)21(26-23(28)15-27(2)3)14-24(30-22)8-10-29-11-9-24/h4-7,12-13,21H,8-11,14-15H2,1-3H3,(H,26,28). The number of ether oxygens (including phenoxy) is 2. The minimum atomic E-state index is -0.282. The van der Waals surface area contributed by atoms with E-state index in [0.29, 0.717) is 19.8 Å². The normalized spacial score (nSPS) is 20.0. The fourth-order valence-electron chi connectivity index (χ4n) is 4.33. The molecule has 6 heteroatoms. The fourth-order valence-corrected chi connectivity index (χ4v) is 4.51. The summed E-state index contributed by atoms with van der Waals surface area (Å²) in [5.74, 6) is 0.865. The van der Waals surface area contributed by atoms with Gasteiger partial charge in [0.05, 0.1) is 25.8 Å². The van der Waals surface area contributed by atoms with Crippen molar-refractivity contribution >= 4 is 17.5 Å². The Morgan fingerprint density at radius 3 is 2.57 bits per heavy atom. The number of halogens is 1. The van der Waals surface area contributed by atoms with Crippen LogP contribution in [-0.4, -0.2) is 50.3 Å². The third kappa shape index (κ3) is 4.48. The summed E-state index contributed by atoms with van der Waals surface area (Å²) in [7, 11) is 3.80. The van der Waals surface area contributed by atoms with Crippen molar-refractivity contribution in [3.05, 3.63) is 52.5 Å². The number of rotatable bonds is 4. The lowest BCUT2D eigenvalue weighted by atomic mass is 9.81. The quantitative estimate of drug-likeness (QED) is 0.785. The highest BCUT2D eigenvalue weighted by atomic mass is 35.5. The molecule has 1 amide bonds. The van der Waals surface area contributed by atoms with Crippen molar-refractivity contribution < 1.29 is 14.3 Å². The number of carbonyl (C=O) groups is 1. The molecule has 4 rings (SSSR count). The van der Waals surface area contributed by atoms with Gasteiger partial charge in [-0.3, -0.25) is 4.79 Å². The number of hydrogen-bond acceptors (Lipinski definition) is 4. The molecule has 1 atom stereocenters. The van der Waals surface area contributed by atoms with Crippen LogP contribution in [0.25, 0.3) is 11.1 Å². The first-order chi connectivity index (χ1) is 14.3. The molecule has 2 aromatic rings. The van der Waals surface area contributed by atoms with Crippen LogP contribution in [0.1, 0.15) is 36.4 Å². The first-order valence-corrected chi connectivity index (χ1v) is 10.8. The highest BCUT2D eigenvalue weighted by Crippen LogP contribution is 2.45. The minimum absolute atomic E-state index is 0.0174. The number of benzene rings is 2. The Morgan fingerprint density at radius 1 is 1.17 bits per heavy atom. The molecule has 1 saturated heterocycles. The molecule has 2 aliphatic heterocycles. The molecular weight excluding hydrogens is 400 g/mol. The van der Waals surface area contributed by atoms with Gasteiger partial charge in [0.15, 0.2) is 0 Å². The molecule has 0 aliphatic carbocycles. The average molecular weight is 429 g/mol. The summed E-state index contributed by atoms with van der Waals surface area (Å²) < 4.78 is 12.1. The van der Waals surface area contributed by atoms with Crippen LogP contribution in [0.5, 0.6) is 5.75 Å². The van der Waals surface area contributed by atoms with Crippen LogP contribution in [0.15, 0.2) is 36.4 Å². The second kappa shape index (κ2) is 8.58. The minimum Gasteiger partial charge on any atom is -0.487 e. The van der Waals surface area contributed by atoms with Gasteiger partial charge in [-0.1, -0.05) is 29.8 Å². The van der Waals surface area contributed by atoms with Crippen molar-refractivity contribution in [3.63, 3.8) is 0 Å². The summed E-state index contributed by atoms with van der Waals surface area (Å²) in [6.45, 7) is 3.73. The summed E-state index contributed by atoms with van der Waals surface area (Å²) in [5.41, 5.74) is 3.91. The van der Waals surface area contributed by atoms with E-state index in [-0.39, 0.29) is 17.6 Å². The highest BCUT2D eigenvalue weighted by molar-refractivity contribution is 6.31. The van der Waals surface area contributed by atoms with Crippen molar-refractivity contribution in [2.75, 3.05) is 33.9 Å². The third-order valence-corrected chi connectivity index (χ3v) is 6.40. The third-order valence-electron chi connectivity index (χ3n) is 5.99. The Balaban J connectivity index is 1.69. The van der Waals surface area contributed by atoms with Gasteiger partial charge >= 0.3 is 0 Å². The van der Waals surface area contributed by atoms with Gasteiger partial charge in [-0.15, -0.1) is 0 Å². The van der Waals surface area contributed by atoms with Crippen molar-refractivity contribution in [2.45, 2.75) is 37.8 Å². The molecule has 1 fully saturated rings. The van der Waals surface area contributed by atoms with Crippen LogP contribution < -0.4 is 10.1 Å². The van der Waals surface area contributed by atoms with Crippen LogP contribution in [0, 0.1) is 6.92 Å². The van der Waals surface area contributed by atoms with E-state index >= 15 is 0 Å². The number of nitrogens with one attached hydrogen (secondary N) is 1. The Labute approximate surface area is 183 Å². The van der Waals surface area contributed by atoms with Gasteiger partial charge in [-0.25, -0.2) is 0 Å². The Morgan fingerprint density at radius 2 is 1.87 bits per heavy atom. The Kier molecular flexibility index (Phi) is 6.05. The molecule has 2 heterocycles. The number of fused-ring (bicyclic) bond motifs is 1. The zero-order valence-electron chi connectivity index (χ0n) is 17.8. The van der Waals surface area contributed by atoms with E-state index in [1.807, 2.05) is 44.1 Å². The topological polar surface area (TPSA) is 50.8 Å². The van der Waals surface area contributed by atoms with Gasteiger partial charge in [-0.05, 0) is 55.9 Å². The molecule has 0 aromatic heterocycles. The summed E-state index contributed by atoms with van der Waals surface area (Å²) in [6.07, 6.45) is 2.42. The maximum atomic E-state index is 12.6. The zero-order valence-corrected chi connectivity index (χ0v) is 18.6. The first kappa shape index (κ1) is 21.2. The summed E-state index contributed by atoms with van der Waals surface area (Å²) in [6, 6.07) is 12.2. The maximum Gasteiger partial charge on any atom is 0.234 e. The lowest BCUT2D eigenvalue weighted by molar-refractivity contribution is -0.123. The second-order valence-electron chi connectivity index (χ2n) is 8.68. The van der Waals surface area contributed by atoms with Crippen molar-refractivity contribution in [1.29, 1.82) is 0 Å². The van der Waals surface area contributed by atoms with E-state index in [0.717, 1.165) is 52.3 Å². The molecule has 1 spiro atoms. The monoisotopic (exact) mass is 428 g/mol. The van der Waals surface area contributed by atoms with Crippen LogP contribution in [0.3, 0.4) is 0 Å². The van der Waals surface area contributed by atoms with Gasteiger partial charge in [-0.2, -0.15) is 0 Å². The molecule has 2 aromatic carbocycles. The SMILES string of the molecule is Cc1ccc(-c2ccc3c(c2)C(NC(=O)CN(C)C)CC2(CCOCC2)O3)cc1Cl. The lowest BCUT2D eigenvalue weighted by Gasteiger charge is -2.44. The van der Waals surface area contributed by atoms with Gasteiger partial charge in [0.25, 0.3) is 0 Å². The maximum absolute atomic E-state index is 12.6. The number of hydrogen-bond donors (Lipinski definition) is 1. The van der Waals surface area contributed by atoms with Crippen LogP contribution in [0.2, 0.25) is 5.02 Å². The second-order valence-corrected chi connectivity index (χ2v) is 9.08. The van der Waals surface area contributed by atoms with Gasteiger partial charge in [0, 0.05) is 29.8 Å². The van der Waals surface area contributed by atoms with E-state index in [2.05, 4.69) is 23.5 Å². The predicted molar refractivity (Wildman–Crippen MR) is 119 cm³/mol. The van der Waals surface area contributed by atoms with Gasteiger partial charge in [0.1, 0.15) is 11.4 Å². The van der Waals surface area contributed by atoms with Crippen molar-refractivity contribution in [2.24, 2.45) is 0 Å². The molecule has 2 aliphatic rings. The number of amides is 1. The van der Waals surface area contributed by atoms with Crippen LogP contribution in [-0.2, 0) is 9.53 Å². The number of carbonyl (C=O) groups excluding carboxylic acids is 1. The molecular formula is C24H29ClN2O3. The van der Waals surface area contributed by atoms with E-state index < -0.39 is 0 Å². The highest BCUT2D eigenvalue weighted by Gasteiger charge is 2.42. The smallest absolute Gasteiger partial charge is 0.234 e. The van der Waals surface area contributed by atoms with E-state index in [9.17, 15) is 4.79 Å². The Bertz CT molecular complexity index is 938. The number of likely N-dealkylation sites (N-methyl/N-ethyl adjacent to an activating group) is 1. The predicted octanol–water partition coefficient (Wildman–Crippen LogP) is 4.37. The van der Waals surface area contributed by atoms with E-state index in [1.165, 1.54) is 0 Å². The molecule has 1 unspecified atom stereocenters. The molecule has 160 valence electrons. The van der Waals surface area contributed by atoms with Gasteiger partial charge in [0.2, 0.25) is 5.91 Å². The van der Waals surface area contributed by atoms with Crippen LogP contribution >= 0.6 is 11.6 Å². The molecule has 5 nitrogen and oxygen atoms in total. The number of nitrogens with zero attached hydrogens (tertiary/aromatic N) is 1. The summed E-state index contributed by atoms with van der Waals surface area (Å²) in [4.78, 5) is 14.5. The van der Waals surface area contributed by atoms with E-state index in [4.69, 9.17) is 21.1 Å². The summed E-state index contributed by atoms with van der Waals surface area (Å²) in [5, 5.41) is 4.00. The Hall–Kier alpha value is -2.08.